The van der Waals surface area contributed by atoms with Gasteiger partial charge in [-0.25, -0.2) is 0 Å². The minimum Gasteiger partial charge on any atom is -0.493 e. The molecular weight excluding hydrogens is 240 g/mol. The lowest BCUT2D eigenvalue weighted by Gasteiger charge is -2.27. The average Bonchev–Trinajstić information content (AvgIpc) is 2.43. The van der Waals surface area contributed by atoms with Crippen molar-refractivity contribution in [2.75, 3.05) is 34.9 Å². The van der Waals surface area contributed by atoms with Crippen molar-refractivity contribution in [1.29, 1.82) is 0 Å². The van der Waals surface area contributed by atoms with Crippen LogP contribution in [0.15, 0.2) is 18.2 Å². The van der Waals surface area contributed by atoms with Gasteiger partial charge in [0.2, 0.25) is 0 Å². The molecule has 2 unspecified atom stereocenters. The molecule has 0 amide bonds. The van der Waals surface area contributed by atoms with Gasteiger partial charge in [0.1, 0.15) is 0 Å². The molecule has 108 valence electrons. The third-order valence-electron chi connectivity index (χ3n) is 3.44. The second-order valence-electron chi connectivity index (χ2n) is 5.17. The molecule has 2 atom stereocenters. The molecule has 0 spiro atoms. The van der Waals surface area contributed by atoms with E-state index in [0.717, 1.165) is 17.9 Å². The fourth-order valence-electron chi connectivity index (χ4n) is 2.18. The van der Waals surface area contributed by atoms with Crippen molar-refractivity contribution < 1.29 is 9.47 Å². The topological polar surface area (TPSA) is 47.7 Å². The van der Waals surface area contributed by atoms with Gasteiger partial charge in [0.25, 0.3) is 0 Å². The first-order chi connectivity index (χ1) is 9.03. The normalized spacial score (nSPS) is 14.3. The van der Waals surface area contributed by atoms with Crippen LogP contribution in [0.1, 0.15) is 24.9 Å². The Kier molecular flexibility index (Phi) is 6.12. The van der Waals surface area contributed by atoms with Crippen molar-refractivity contribution in [2.24, 2.45) is 11.7 Å². The van der Waals surface area contributed by atoms with Gasteiger partial charge < -0.3 is 20.1 Å². The summed E-state index contributed by atoms with van der Waals surface area (Å²) in [5.41, 5.74) is 6.96. The van der Waals surface area contributed by atoms with Crippen LogP contribution in [0.5, 0.6) is 11.5 Å². The summed E-state index contributed by atoms with van der Waals surface area (Å²) in [4.78, 5) is 2.22. The van der Waals surface area contributed by atoms with E-state index >= 15 is 0 Å². The highest BCUT2D eigenvalue weighted by molar-refractivity contribution is 5.43. The van der Waals surface area contributed by atoms with E-state index in [2.05, 4.69) is 32.0 Å². The molecular formula is C15H26N2O2. The Morgan fingerprint density at radius 1 is 1.16 bits per heavy atom. The van der Waals surface area contributed by atoms with Crippen LogP contribution >= 0.6 is 0 Å². The van der Waals surface area contributed by atoms with Crippen molar-refractivity contribution in [3.63, 3.8) is 0 Å². The minimum absolute atomic E-state index is 0.332. The monoisotopic (exact) mass is 266 g/mol. The van der Waals surface area contributed by atoms with Gasteiger partial charge in [0.05, 0.1) is 14.2 Å². The first kappa shape index (κ1) is 15.8. The summed E-state index contributed by atoms with van der Waals surface area (Å²) in [6.45, 7) is 2.88. The zero-order chi connectivity index (χ0) is 14.4. The number of nitrogens with two attached hydrogens (primary N) is 1. The SMILES string of the molecule is COc1ccc(C(CC(C)CN)N(C)C)cc1OC. The number of hydrogen-bond acceptors (Lipinski definition) is 4. The Labute approximate surface area is 116 Å². The van der Waals surface area contributed by atoms with Crippen LogP contribution in [0.4, 0.5) is 0 Å². The summed E-state index contributed by atoms with van der Waals surface area (Å²) >= 11 is 0. The Balaban J connectivity index is 3.02. The number of ether oxygens (including phenoxy) is 2. The van der Waals surface area contributed by atoms with E-state index in [1.807, 2.05) is 12.1 Å². The maximum Gasteiger partial charge on any atom is 0.161 e. The van der Waals surface area contributed by atoms with Crippen molar-refractivity contribution in [3.8, 4) is 11.5 Å². The van der Waals surface area contributed by atoms with E-state index in [0.29, 0.717) is 18.5 Å². The van der Waals surface area contributed by atoms with Gasteiger partial charge in [-0.3, -0.25) is 0 Å². The third-order valence-corrected chi connectivity index (χ3v) is 3.44. The van der Waals surface area contributed by atoms with Crippen molar-refractivity contribution in [3.05, 3.63) is 23.8 Å². The largest absolute Gasteiger partial charge is 0.493 e. The van der Waals surface area contributed by atoms with Crippen LogP contribution in [0.3, 0.4) is 0 Å². The maximum absolute atomic E-state index is 5.74. The summed E-state index contributed by atoms with van der Waals surface area (Å²) in [5, 5.41) is 0. The molecule has 19 heavy (non-hydrogen) atoms. The van der Waals surface area contributed by atoms with Crippen molar-refractivity contribution in [1.82, 2.24) is 4.90 Å². The molecule has 0 saturated heterocycles. The predicted molar refractivity (Wildman–Crippen MR) is 78.8 cm³/mol. The second kappa shape index (κ2) is 7.36. The lowest BCUT2D eigenvalue weighted by molar-refractivity contribution is 0.254. The zero-order valence-corrected chi connectivity index (χ0v) is 12.6. The molecule has 4 heteroatoms. The van der Waals surface area contributed by atoms with E-state index in [-0.39, 0.29) is 0 Å². The minimum atomic E-state index is 0.332. The van der Waals surface area contributed by atoms with Crippen LogP contribution in [0.2, 0.25) is 0 Å². The van der Waals surface area contributed by atoms with E-state index in [1.54, 1.807) is 14.2 Å². The second-order valence-corrected chi connectivity index (χ2v) is 5.17. The van der Waals surface area contributed by atoms with E-state index in [1.165, 1.54) is 5.56 Å². The lowest BCUT2D eigenvalue weighted by Crippen LogP contribution is -2.24. The van der Waals surface area contributed by atoms with E-state index in [9.17, 15) is 0 Å². The molecule has 0 heterocycles. The standard InChI is InChI=1S/C15H26N2O2/c1-11(10-16)8-13(17(2)3)12-6-7-14(18-4)15(9-12)19-5/h6-7,9,11,13H,8,10,16H2,1-5H3. The molecule has 0 saturated carbocycles. The fourth-order valence-corrected chi connectivity index (χ4v) is 2.18. The Hall–Kier alpha value is -1.26. The quantitative estimate of drug-likeness (QED) is 0.822. The van der Waals surface area contributed by atoms with Gasteiger partial charge in [-0.05, 0) is 50.7 Å². The number of hydrogen-bond donors (Lipinski definition) is 1. The van der Waals surface area contributed by atoms with Crippen LogP contribution in [0.25, 0.3) is 0 Å². The van der Waals surface area contributed by atoms with Gasteiger partial charge in [0, 0.05) is 6.04 Å². The first-order valence-corrected chi connectivity index (χ1v) is 6.61. The van der Waals surface area contributed by atoms with Gasteiger partial charge >= 0.3 is 0 Å². The molecule has 0 aromatic heterocycles. The summed E-state index contributed by atoms with van der Waals surface area (Å²) in [5.74, 6) is 2.02. The number of benzene rings is 1. The molecule has 1 aromatic rings. The number of rotatable bonds is 7. The molecule has 1 rings (SSSR count). The van der Waals surface area contributed by atoms with Crippen LogP contribution in [-0.4, -0.2) is 39.8 Å². The maximum atomic E-state index is 5.74. The summed E-state index contributed by atoms with van der Waals surface area (Å²) in [6, 6.07) is 6.43. The third kappa shape index (κ3) is 4.11. The summed E-state index contributed by atoms with van der Waals surface area (Å²) in [6.07, 6.45) is 1.03. The molecule has 4 nitrogen and oxygen atoms in total. The van der Waals surface area contributed by atoms with E-state index in [4.69, 9.17) is 15.2 Å². The first-order valence-electron chi connectivity index (χ1n) is 6.61. The number of methoxy groups -OCH3 is 2. The van der Waals surface area contributed by atoms with Gasteiger partial charge in [-0.1, -0.05) is 13.0 Å². The highest BCUT2D eigenvalue weighted by Gasteiger charge is 2.18. The van der Waals surface area contributed by atoms with Crippen molar-refractivity contribution in [2.45, 2.75) is 19.4 Å². The Morgan fingerprint density at radius 2 is 1.79 bits per heavy atom. The lowest BCUT2D eigenvalue weighted by atomic mass is 9.95. The molecule has 0 aliphatic heterocycles. The molecule has 0 aliphatic rings. The Morgan fingerprint density at radius 3 is 2.26 bits per heavy atom. The van der Waals surface area contributed by atoms with E-state index < -0.39 is 0 Å². The zero-order valence-electron chi connectivity index (χ0n) is 12.6. The van der Waals surface area contributed by atoms with Gasteiger partial charge in [-0.15, -0.1) is 0 Å². The molecule has 0 aliphatic carbocycles. The van der Waals surface area contributed by atoms with Crippen LogP contribution < -0.4 is 15.2 Å². The Bertz CT molecular complexity index is 394. The molecule has 0 fully saturated rings. The van der Waals surface area contributed by atoms with Gasteiger partial charge in [-0.2, -0.15) is 0 Å². The highest BCUT2D eigenvalue weighted by Crippen LogP contribution is 2.33. The summed E-state index contributed by atoms with van der Waals surface area (Å²) in [7, 11) is 7.49. The summed E-state index contributed by atoms with van der Waals surface area (Å²) < 4.78 is 10.6. The predicted octanol–water partition coefficient (Wildman–Crippen LogP) is 2.29. The van der Waals surface area contributed by atoms with Crippen LogP contribution in [-0.2, 0) is 0 Å². The fraction of sp³-hybridized carbons (Fsp3) is 0.600. The van der Waals surface area contributed by atoms with Crippen LogP contribution in [0, 0.1) is 5.92 Å². The number of nitrogens with zero attached hydrogens (tertiary/aromatic N) is 1. The molecule has 2 N–H and O–H groups in total. The smallest absolute Gasteiger partial charge is 0.161 e. The average molecular weight is 266 g/mol. The molecule has 0 radical (unpaired) electrons. The van der Waals surface area contributed by atoms with Gasteiger partial charge in [0.15, 0.2) is 11.5 Å². The van der Waals surface area contributed by atoms with Crippen molar-refractivity contribution >= 4 is 0 Å². The molecule has 1 aromatic carbocycles. The highest BCUT2D eigenvalue weighted by atomic mass is 16.5. The molecule has 0 bridgehead atoms.